The first-order chi connectivity index (χ1) is 4.62. The van der Waals surface area contributed by atoms with E-state index in [0.29, 0.717) is 5.54 Å². The van der Waals surface area contributed by atoms with Crippen LogP contribution in [0.1, 0.15) is 34.1 Å². The van der Waals surface area contributed by atoms with Gasteiger partial charge in [0.2, 0.25) is 0 Å². The summed E-state index contributed by atoms with van der Waals surface area (Å²) >= 11 is 0. The third kappa shape index (κ3) is 7.70. The molecule has 0 bridgehead atoms. The number of nitrogens with one attached hydrogen (secondary N) is 1. The molecule has 0 fully saturated rings. The second kappa shape index (κ2) is 6.81. The van der Waals surface area contributed by atoms with Crippen molar-refractivity contribution in [3.8, 4) is 0 Å². The topological polar surface area (TPSA) is 12.0 Å². The van der Waals surface area contributed by atoms with Gasteiger partial charge in [0.25, 0.3) is 0 Å². The maximum absolute atomic E-state index is 3.37. The molecule has 0 aromatic rings. The van der Waals surface area contributed by atoms with Gasteiger partial charge in [-0.25, -0.2) is 0 Å². The van der Waals surface area contributed by atoms with Crippen LogP contribution < -0.4 is 5.32 Å². The van der Waals surface area contributed by atoms with Gasteiger partial charge in [-0.2, -0.15) is 0 Å². The molecule has 0 aromatic heterocycles. The average Bonchev–Trinajstić information content (AvgIpc) is 1.93. The molecule has 0 saturated heterocycles. The minimum Gasteiger partial charge on any atom is -0.312 e. The van der Waals surface area contributed by atoms with Crippen molar-refractivity contribution < 1.29 is 0 Å². The first-order valence-corrected chi connectivity index (χ1v) is 3.87. The maximum atomic E-state index is 3.37. The fourth-order valence-corrected chi connectivity index (χ4v) is 0.604. The highest BCUT2D eigenvalue weighted by Crippen LogP contribution is 2.04. The van der Waals surface area contributed by atoms with Crippen LogP contribution in [0.3, 0.4) is 0 Å². The predicted molar refractivity (Wildman–Crippen MR) is 49.3 cm³/mol. The highest BCUT2D eigenvalue weighted by Gasteiger charge is 2.10. The van der Waals surface area contributed by atoms with E-state index in [1.165, 1.54) is 6.42 Å². The van der Waals surface area contributed by atoms with Gasteiger partial charge in [-0.05, 0) is 26.8 Å². The minimum absolute atomic E-state index is 0.342. The Morgan fingerprint density at radius 1 is 1.20 bits per heavy atom. The quantitative estimate of drug-likeness (QED) is 0.599. The highest BCUT2D eigenvalue weighted by atomic mass is 14.9. The van der Waals surface area contributed by atoms with E-state index >= 15 is 0 Å². The smallest absolute Gasteiger partial charge is 0.0122 e. The van der Waals surface area contributed by atoms with Crippen LogP contribution in [-0.2, 0) is 0 Å². The average molecular weight is 143 g/mol. The van der Waals surface area contributed by atoms with Crippen LogP contribution in [0.15, 0.2) is 13.2 Å². The molecule has 0 aliphatic carbocycles. The molecule has 0 amide bonds. The molecule has 0 heterocycles. The first kappa shape index (κ1) is 12.4. The number of hydrogen-bond acceptors (Lipinski definition) is 1. The van der Waals surface area contributed by atoms with Gasteiger partial charge >= 0.3 is 0 Å². The van der Waals surface area contributed by atoms with Crippen molar-refractivity contribution >= 4 is 0 Å². The van der Waals surface area contributed by atoms with Crippen LogP contribution in [0.5, 0.6) is 0 Å². The van der Waals surface area contributed by atoms with Gasteiger partial charge < -0.3 is 5.32 Å². The summed E-state index contributed by atoms with van der Waals surface area (Å²) in [6.07, 6.45) is 1.20. The lowest BCUT2D eigenvalue weighted by atomic mass is 10.0. The Balaban J connectivity index is 0. The van der Waals surface area contributed by atoms with Crippen LogP contribution in [0, 0.1) is 0 Å². The standard InChI is InChI=1S/C7H17N.C2H4/c1-5-7(3,4)8-6-2;1-2/h8H,5-6H2,1-4H3;1-2H2. The summed E-state index contributed by atoms with van der Waals surface area (Å²) in [6, 6.07) is 0. The lowest BCUT2D eigenvalue weighted by Crippen LogP contribution is -2.37. The van der Waals surface area contributed by atoms with Gasteiger partial charge in [-0.1, -0.05) is 13.8 Å². The van der Waals surface area contributed by atoms with Crippen LogP contribution in [0.4, 0.5) is 0 Å². The molecule has 1 heteroatoms. The summed E-state index contributed by atoms with van der Waals surface area (Å²) in [5.41, 5.74) is 0.342. The zero-order valence-corrected chi connectivity index (χ0v) is 7.83. The molecular formula is C9H21N. The van der Waals surface area contributed by atoms with Crippen molar-refractivity contribution in [1.82, 2.24) is 5.32 Å². The van der Waals surface area contributed by atoms with Gasteiger partial charge in [0.05, 0.1) is 0 Å². The molecule has 0 rings (SSSR count). The highest BCUT2D eigenvalue weighted by molar-refractivity contribution is 4.73. The molecule has 0 aliphatic rings. The summed E-state index contributed by atoms with van der Waals surface area (Å²) in [5.74, 6) is 0. The first-order valence-electron chi connectivity index (χ1n) is 3.87. The zero-order valence-electron chi connectivity index (χ0n) is 7.83. The van der Waals surface area contributed by atoms with Crippen LogP contribution in [0.25, 0.3) is 0 Å². The van der Waals surface area contributed by atoms with Gasteiger partial charge in [-0.15, -0.1) is 13.2 Å². The lowest BCUT2D eigenvalue weighted by molar-refractivity contribution is 0.387. The largest absolute Gasteiger partial charge is 0.312 e. The second-order valence-corrected chi connectivity index (χ2v) is 2.77. The monoisotopic (exact) mass is 143 g/mol. The molecule has 0 atom stereocenters. The SMILES string of the molecule is C=C.CCNC(C)(C)CC. The molecular weight excluding hydrogens is 122 g/mol. The Bertz CT molecular complexity index is 67.1. The Morgan fingerprint density at radius 2 is 1.60 bits per heavy atom. The molecule has 1 nitrogen and oxygen atoms in total. The third-order valence-corrected chi connectivity index (χ3v) is 1.54. The van der Waals surface area contributed by atoms with Gasteiger partial charge in [0.1, 0.15) is 0 Å². The Morgan fingerprint density at radius 3 is 1.70 bits per heavy atom. The molecule has 62 valence electrons. The third-order valence-electron chi connectivity index (χ3n) is 1.54. The van der Waals surface area contributed by atoms with E-state index in [2.05, 4.69) is 46.2 Å². The van der Waals surface area contributed by atoms with E-state index in [4.69, 9.17) is 0 Å². The van der Waals surface area contributed by atoms with E-state index in [0.717, 1.165) is 6.54 Å². The lowest BCUT2D eigenvalue weighted by Gasteiger charge is -2.23. The van der Waals surface area contributed by atoms with Gasteiger partial charge in [0.15, 0.2) is 0 Å². The van der Waals surface area contributed by atoms with Crippen LogP contribution in [-0.4, -0.2) is 12.1 Å². The molecule has 1 N–H and O–H groups in total. The predicted octanol–water partition coefficient (Wildman–Crippen LogP) is 2.59. The van der Waals surface area contributed by atoms with Gasteiger partial charge in [0, 0.05) is 5.54 Å². The van der Waals surface area contributed by atoms with E-state index in [1.54, 1.807) is 0 Å². The zero-order chi connectivity index (χ0) is 8.62. The summed E-state index contributed by atoms with van der Waals surface area (Å²) in [4.78, 5) is 0. The fourth-order valence-electron chi connectivity index (χ4n) is 0.604. The summed E-state index contributed by atoms with van der Waals surface area (Å²) in [5, 5.41) is 3.37. The molecule has 10 heavy (non-hydrogen) atoms. The van der Waals surface area contributed by atoms with Crippen LogP contribution >= 0.6 is 0 Å². The van der Waals surface area contributed by atoms with Crippen molar-refractivity contribution in [2.45, 2.75) is 39.7 Å². The second-order valence-electron chi connectivity index (χ2n) is 2.77. The van der Waals surface area contributed by atoms with Crippen molar-refractivity contribution in [3.63, 3.8) is 0 Å². The molecule has 0 radical (unpaired) electrons. The number of hydrogen-bond donors (Lipinski definition) is 1. The van der Waals surface area contributed by atoms with Crippen molar-refractivity contribution in [3.05, 3.63) is 13.2 Å². The Labute approximate surface area is 65.5 Å². The Hall–Kier alpha value is -0.300. The van der Waals surface area contributed by atoms with E-state index in [9.17, 15) is 0 Å². The van der Waals surface area contributed by atoms with Crippen LogP contribution in [0.2, 0.25) is 0 Å². The Kier molecular flexibility index (Phi) is 8.44. The molecule has 0 spiro atoms. The van der Waals surface area contributed by atoms with Crippen molar-refractivity contribution in [1.29, 1.82) is 0 Å². The maximum Gasteiger partial charge on any atom is 0.0122 e. The molecule has 0 aromatic carbocycles. The van der Waals surface area contributed by atoms with Crippen molar-refractivity contribution in [2.75, 3.05) is 6.54 Å². The number of rotatable bonds is 3. The summed E-state index contributed by atoms with van der Waals surface area (Å²) in [7, 11) is 0. The fraction of sp³-hybridized carbons (Fsp3) is 0.778. The van der Waals surface area contributed by atoms with E-state index in [-0.39, 0.29) is 0 Å². The molecule has 0 saturated carbocycles. The van der Waals surface area contributed by atoms with Gasteiger partial charge in [-0.3, -0.25) is 0 Å². The minimum atomic E-state index is 0.342. The van der Waals surface area contributed by atoms with Crippen molar-refractivity contribution in [2.24, 2.45) is 0 Å². The normalized spacial score (nSPS) is 10.0. The van der Waals surface area contributed by atoms with E-state index in [1.807, 2.05) is 0 Å². The summed E-state index contributed by atoms with van der Waals surface area (Å²) < 4.78 is 0. The summed E-state index contributed by atoms with van der Waals surface area (Å²) in [6.45, 7) is 15.8. The molecule has 0 unspecified atom stereocenters. The molecule has 0 aliphatic heterocycles. The van der Waals surface area contributed by atoms with E-state index < -0.39 is 0 Å².